The number of hydrogen-bond donors (Lipinski definition) is 3. The molecule has 1 atom stereocenters. The molecule has 0 saturated carbocycles. The molecule has 0 aromatic carbocycles. The largest absolute Gasteiger partial charge is 0.464 e. The Bertz CT molecular complexity index is 842. The zero-order chi connectivity index (χ0) is 22.7. The number of aliphatic hydroxyl groups excluding tert-OH is 2. The maximum Gasteiger partial charge on any atom is 0.407 e. The number of esters is 1. The Hall–Kier alpha value is -2.93. The number of nitrogens with zero attached hydrogens (tertiary/aromatic N) is 3. The van der Waals surface area contributed by atoms with E-state index in [9.17, 15) is 24.0 Å². The summed E-state index contributed by atoms with van der Waals surface area (Å²) in [6, 6.07) is 0. The summed E-state index contributed by atoms with van der Waals surface area (Å²) in [7, 11) is 0. The summed E-state index contributed by atoms with van der Waals surface area (Å²) in [5.41, 5.74) is -2.88. The number of alkyl carbamates (subject to hydrolysis) is 1. The Morgan fingerprint density at radius 3 is 1.87 bits per heavy atom. The predicted octanol–water partition coefficient (Wildman–Crippen LogP) is -2.53. The molecule has 0 aliphatic carbocycles. The van der Waals surface area contributed by atoms with E-state index < -0.39 is 36.4 Å². The van der Waals surface area contributed by atoms with E-state index in [1.807, 2.05) is 6.92 Å². The van der Waals surface area contributed by atoms with E-state index in [0.717, 1.165) is 0 Å². The van der Waals surface area contributed by atoms with Crippen molar-refractivity contribution in [3.63, 3.8) is 0 Å². The highest BCUT2D eigenvalue weighted by Crippen LogP contribution is 2.02. The van der Waals surface area contributed by atoms with E-state index in [2.05, 4.69) is 5.32 Å². The second-order valence-electron chi connectivity index (χ2n) is 6.29. The standard InChI is InChI=1S/C17H28N4O9/c1-3-12(2)13(24)29-10-4-18-14(25)30-11-7-21-16(27)19(5-8-22)15(26)20(6-9-23)17(21)28/h12,22-23H,3-11H2,1-2H3,(H,18,25). The van der Waals surface area contributed by atoms with Gasteiger partial charge in [0.25, 0.3) is 0 Å². The number of carbonyl (C=O) groups is 2. The van der Waals surface area contributed by atoms with Crippen LogP contribution in [0.15, 0.2) is 14.4 Å². The highest BCUT2D eigenvalue weighted by molar-refractivity contribution is 5.72. The second-order valence-corrected chi connectivity index (χ2v) is 6.29. The van der Waals surface area contributed by atoms with Gasteiger partial charge in [0, 0.05) is 0 Å². The Balaban J connectivity index is 2.67. The molecule has 30 heavy (non-hydrogen) atoms. The molecule has 0 fully saturated rings. The van der Waals surface area contributed by atoms with Crippen LogP contribution in [0, 0.1) is 5.92 Å². The molecule has 0 aliphatic heterocycles. The van der Waals surface area contributed by atoms with Crippen LogP contribution in [0.4, 0.5) is 4.79 Å². The van der Waals surface area contributed by atoms with Crippen molar-refractivity contribution in [3.8, 4) is 0 Å². The molecular weight excluding hydrogens is 404 g/mol. The van der Waals surface area contributed by atoms with Crippen LogP contribution in [0.1, 0.15) is 20.3 Å². The highest BCUT2D eigenvalue weighted by Gasteiger charge is 2.15. The SMILES string of the molecule is CCC(C)C(=O)OCCNC(=O)OCCn1c(=O)n(CCO)c(=O)n(CCO)c1=O. The van der Waals surface area contributed by atoms with Gasteiger partial charge in [-0.3, -0.25) is 4.79 Å². The van der Waals surface area contributed by atoms with Crippen molar-refractivity contribution < 1.29 is 29.3 Å². The number of aromatic nitrogens is 3. The first-order valence-corrected chi connectivity index (χ1v) is 9.51. The van der Waals surface area contributed by atoms with Crippen molar-refractivity contribution >= 4 is 12.1 Å². The van der Waals surface area contributed by atoms with Gasteiger partial charge in [0.2, 0.25) is 0 Å². The summed E-state index contributed by atoms with van der Waals surface area (Å²) >= 11 is 0. The molecule has 1 unspecified atom stereocenters. The zero-order valence-electron chi connectivity index (χ0n) is 17.0. The molecule has 0 saturated heterocycles. The molecule has 0 aliphatic rings. The van der Waals surface area contributed by atoms with Gasteiger partial charge in [-0.1, -0.05) is 13.8 Å². The van der Waals surface area contributed by atoms with Crippen LogP contribution in [-0.4, -0.2) is 68.9 Å². The van der Waals surface area contributed by atoms with Crippen LogP contribution in [-0.2, 0) is 33.9 Å². The maximum absolute atomic E-state index is 12.3. The fourth-order valence-electron chi connectivity index (χ4n) is 2.35. The molecule has 13 heteroatoms. The lowest BCUT2D eigenvalue weighted by atomic mass is 10.1. The molecule has 0 radical (unpaired) electrons. The Morgan fingerprint density at radius 1 is 0.900 bits per heavy atom. The van der Waals surface area contributed by atoms with Crippen molar-refractivity contribution in [2.75, 3.05) is 33.0 Å². The first-order valence-electron chi connectivity index (χ1n) is 9.51. The molecule has 1 rings (SSSR count). The number of ether oxygens (including phenoxy) is 2. The third-order valence-electron chi connectivity index (χ3n) is 4.21. The third kappa shape index (κ3) is 6.84. The number of amides is 1. The summed E-state index contributed by atoms with van der Waals surface area (Å²) in [6.45, 7) is 1.18. The molecule has 0 spiro atoms. The molecule has 1 aromatic rings. The van der Waals surface area contributed by atoms with E-state index in [4.69, 9.17) is 19.7 Å². The van der Waals surface area contributed by atoms with Crippen molar-refractivity contribution in [1.82, 2.24) is 19.0 Å². The lowest BCUT2D eigenvalue weighted by Crippen LogP contribution is -2.55. The van der Waals surface area contributed by atoms with Gasteiger partial charge in [0.1, 0.15) is 13.2 Å². The lowest BCUT2D eigenvalue weighted by Gasteiger charge is -2.13. The topological polar surface area (TPSA) is 171 Å². The van der Waals surface area contributed by atoms with Crippen LogP contribution in [0.5, 0.6) is 0 Å². The van der Waals surface area contributed by atoms with E-state index in [1.165, 1.54) is 0 Å². The number of rotatable bonds is 12. The van der Waals surface area contributed by atoms with E-state index in [-0.39, 0.29) is 51.3 Å². The Labute approximate surface area is 171 Å². The fraction of sp³-hybridized carbons (Fsp3) is 0.706. The maximum atomic E-state index is 12.3. The van der Waals surface area contributed by atoms with E-state index in [1.54, 1.807) is 6.92 Å². The fourth-order valence-corrected chi connectivity index (χ4v) is 2.35. The van der Waals surface area contributed by atoms with Crippen LogP contribution in [0.2, 0.25) is 0 Å². The second kappa shape index (κ2) is 12.6. The van der Waals surface area contributed by atoms with Gasteiger partial charge in [-0.05, 0) is 6.42 Å². The Kier molecular flexibility index (Phi) is 10.5. The highest BCUT2D eigenvalue weighted by atomic mass is 16.6. The van der Waals surface area contributed by atoms with Crippen molar-refractivity contribution in [1.29, 1.82) is 0 Å². The molecule has 13 nitrogen and oxygen atoms in total. The lowest BCUT2D eigenvalue weighted by molar-refractivity contribution is -0.147. The van der Waals surface area contributed by atoms with E-state index in [0.29, 0.717) is 20.1 Å². The normalized spacial score (nSPS) is 11.7. The molecule has 3 N–H and O–H groups in total. The summed E-state index contributed by atoms with van der Waals surface area (Å²) in [4.78, 5) is 59.9. The van der Waals surface area contributed by atoms with Gasteiger partial charge in [-0.2, -0.15) is 0 Å². The molecular formula is C17H28N4O9. The molecule has 170 valence electrons. The smallest absolute Gasteiger partial charge is 0.407 e. The van der Waals surface area contributed by atoms with Crippen LogP contribution in [0.3, 0.4) is 0 Å². The minimum Gasteiger partial charge on any atom is -0.464 e. The van der Waals surface area contributed by atoms with Crippen LogP contribution >= 0.6 is 0 Å². The van der Waals surface area contributed by atoms with Crippen molar-refractivity contribution in [2.24, 2.45) is 5.92 Å². The van der Waals surface area contributed by atoms with Crippen molar-refractivity contribution in [2.45, 2.75) is 39.9 Å². The third-order valence-corrected chi connectivity index (χ3v) is 4.21. The number of hydrogen-bond acceptors (Lipinski definition) is 9. The summed E-state index contributed by atoms with van der Waals surface area (Å²) in [5, 5.41) is 20.4. The van der Waals surface area contributed by atoms with Gasteiger partial charge in [0.15, 0.2) is 0 Å². The molecule has 1 amide bonds. The van der Waals surface area contributed by atoms with E-state index >= 15 is 0 Å². The van der Waals surface area contributed by atoms with Gasteiger partial charge >= 0.3 is 29.1 Å². The Morgan fingerprint density at radius 2 is 1.40 bits per heavy atom. The number of aliphatic hydroxyl groups is 2. The quantitative estimate of drug-likeness (QED) is 0.238. The average Bonchev–Trinajstić information content (AvgIpc) is 2.73. The van der Waals surface area contributed by atoms with Crippen molar-refractivity contribution in [3.05, 3.63) is 31.5 Å². The van der Waals surface area contributed by atoms with Gasteiger partial charge in [-0.15, -0.1) is 0 Å². The number of nitrogens with one attached hydrogen (secondary N) is 1. The monoisotopic (exact) mass is 432 g/mol. The zero-order valence-corrected chi connectivity index (χ0v) is 17.0. The van der Waals surface area contributed by atoms with Gasteiger partial charge in [0.05, 0.1) is 45.3 Å². The predicted molar refractivity (Wildman–Crippen MR) is 103 cm³/mol. The number of carbonyl (C=O) groups excluding carboxylic acids is 2. The molecule has 0 bridgehead atoms. The first kappa shape index (κ1) is 25.1. The van der Waals surface area contributed by atoms with Crippen LogP contribution < -0.4 is 22.4 Å². The minimum atomic E-state index is -0.964. The summed E-state index contributed by atoms with van der Waals surface area (Å²) < 4.78 is 11.8. The first-order chi connectivity index (χ1) is 14.3. The summed E-state index contributed by atoms with van der Waals surface area (Å²) in [6.07, 6.45) is -0.207. The van der Waals surface area contributed by atoms with Crippen LogP contribution in [0.25, 0.3) is 0 Å². The van der Waals surface area contributed by atoms with Gasteiger partial charge < -0.3 is 25.0 Å². The average molecular weight is 432 g/mol. The molecule has 1 aromatic heterocycles. The minimum absolute atomic E-state index is 0.0195. The molecule has 1 heterocycles. The van der Waals surface area contributed by atoms with Gasteiger partial charge in [-0.25, -0.2) is 32.9 Å². The summed E-state index contributed by atoms with van der Waals surface area (Å²) in [5.74, 6) is -0.608.